The van der Waals surface area contributed by atoms with Gasteiger partial charge in [-0.05, 0) is 35.2 Å². The Bertz CT molecular complexity index is 1330. The van der Waals surface area contributed by atoms with Crippen LogP contribution in [-0.4, -0.2) is 16.2 Å². The molecule has 0 fully saturated rings. The quantitative estimate of drug-likeness (QED) is 0.380. The SMILES string of the molecule is N#Cc1cccc(COc2cccc(OCc3csc4c(OC(=O)O)cnc(N)c34)c2)c1. The number of hydrogen-bond donors (Lipinski definition) is 2. The Morgan fingerprint density at radius 3 is 2.62 bits per heavy atom. The standard InChI is InChI=1S/C23H17N3O5S/c24-9-14-3-1-4-15(7-14)11-29-17-5-2-6-18(8-17)30-12-16-13-32-21-19(31-23(27)28)10-26-22(25)20(16)21/h1-8,10,13H,11-12H2,(H2,25,26)(H,27,28). The number of rotatable bonds is 7. The molecule has 2 heterocycles. The molecular weight excluding hydrogens is 430 g/mol. The third-order valence-corrected chi connectivity index (χ3v) is 5.57. The van der Waals surface area contributed by atoms with E-state index in [0.717, 1.165) is 11.1 Å². The minimum atomic E-state index is -1.42. The first-order valence-corrected chi connectivity index (χ1v) is 10.3. The van der Waals surface area contributed by atoms with Crippen molar-refractivity contribution >= 4 is 33.4 Å². The van der Waals surface area contributed by atoms with Crippen molar-refractivity contribution in [1.29, 1.82) is 5.26 Å². The second-order valence-corrected chi connectivity index (χ2v) is 7.58. The lowest BCUT2D eigenvalue weighted by Crippen LogP contribution is -2.04. The topological polar surface area (TPSA) is 128 Å². The van der Waals surface area contributed by atoms with E-state index in [0.29, 0.717) is 33.8 Å². The van der Waals surface area contributed by atoms with E-state index in [1.807, 2.05) is 29.6 Å². The Morgan fingerprint density at radius 1 is 1.12 bits per heavy atom. The average molecular weight is 447 g/mol. The molecule has 0 spiro atoms. The van der Waals surface area contributed by atoms with E-state index < -0.39 is 6.16 Å². The molecule has 0 radical (unpaired) electrons. The molecule has 160 valence electrons. The van der Waals surface area contributed by atoms with Gasteiger partial charge in [0, 0.05) is 17.0 Å². The maximum atomic E-state index is 10.9. The molecular formula is C23H17N3O5S. The van der Waals surface area contributed by atoms with Gasteiger partial charge in [-0.3, -0.25) is 0 Å². The molecule has 0 aliphatic rings. The van der Waals surface area contributed by atoms with Crippen LogP contribution in [0.5, 0.6) is 17.2 Å². The number of pyridine rings is 1. The number of aromatic nitrogens is 1. The summed E-state index contributed by atoms with van der Waals surface area (Å²) in [6.45, 7) is 0.527. The number of ether oxygens (including phenoxy) is 3. The number of nitrogens with zero attached hydrogens (tertiary/aromatic N) is 2. The lowest BCUT2D eigenvalue weighted by Gasteiger charge is -2.10. The monoisotopic (exact) mass is 447 g/mol. The van der Waals surface area contributed by atoms with E-state index in [4.69, 9.17) is 30.3 Å². The van der Waals surface area contributed by atoms with Gasteiger partial charge in [0.05, 0.1) is 22.5 Å². The Balaban J connectivity index is 1.46. The first kappa shape index (κ1) is 21.0. The minimum absolute atomic E-state index is 0.133. The van der Waals surface area contributed by atoms with Crippen molar-refractivity contribution in [2.75, 3.05) is 5.73 Å². The number of hydrogen-bond acceptors (Lipinski definition) is 8. The summed E-state index contributed by atoms with van der Waals surface area (Å²) < 4.78 is 17.1. The second-order valence-electron chi connectivity index (χ2n) is 6.71. The fourth-order valence-electron chi connectivity index (χ4n) is 3.09. The second kappa shape index (κ2) is 9.24. The fraction of sp³-hybridized carbons (Fsp3) is 0.0870. The van der Waals surface area contributed by atoms with Crippen LogP contribution in [0.25, 0.3) is 10.1 Å². The number of fused-ring (bicyclic) bond motifs is 1. The van der Waals surface area contributed by atoms with Crippen LogP contribution in [-0.2, 0) is 13.2 Å². The number of thiophene rings is 1. The Hall–Kier alpha value is -4.29. The number of carbonyl (C=O) groups is 1. The molecule has 2 aromatic heterocycles. The van der Waals surface area contributed by atoms with Crippen LogP contribution < -0.4 is 19.9 Å². The highest BCUT2D eigenvalue weighted by molar-refractivity contribution is 7.17. The zero-order valence-electron chi connectivity index (χ0n) is 16.6. The highest BCUT2D eigenvalue weighted by Crippen LogP contribution is 2.37. The van der Waals surface area contributed by atoms with Gasteiger partial charge in [0.25, 0.3) is 0 Å². The van der Waals surface area contributed by atoms with E-state index in [1.165, 1.54) is 17.5 Å². The number of anilines is 1. The predicted octanol–water partition coefficient (Wildman–Crippen LogP) is 4.96. The molecule has 0 aliphatic heterocycles. The van der Waals surface area contributed by atoms with Gasteiger partial charge < -0.3 is 25.1 Å². The highest BCUT2D eigenvalue weighted by atomic mass is 32.1. The molecule has 0 aliphatic carbocycles. The Kier molecular flexibility index (Phi) is 6.05. The van der Waals surface area contributed by atoms with Crippen molar-refractivity contribution in [3.63, 3.8) is 0 Å². The van der Waals surface area contributed by atoms with Crippen molar-refractivity contribution < 1.29 is 24.1 Å². The third-order valence-electron chi connectivity index (χ3n) is 4.53. The summed E-state index contributed by atoms with van der Waals surface area (Å²) in [5.41, 5.74) is 8.25. The van der Waals surface area contributed by atoms with Crippen LogP contribution in [0.3, 0.4) is 0 Å². The van der Waals surface area contributed by atoms with Crippen molar-refractivity contribution in [2.45, 2.75) is 13.2 Å². The number of nitriles is 1. The smallest absolute Gasteiger partial charge is 0.489 e. The third kappa shape index (κ3) is 4.71. The zero-order chi connectivity index (χ0) is 22.5. The van der Waals surface area contributed by atoms with Crippen LogP contribution in [0.15, 0.2) is 60.1 Å². The van der Waals surface area contributed by atoms with Crippen LogP contribution >= 0.6 is 11.3 Å². The van der Waals surface area contributed by atoms with E-state index in [1.54, 1.807) is 24.3 Å². The van der Waals surface area contributed by atoms with Crippen molar-refractivity contribution in [3.8, 4) is 23.3 Å². The van der Waals surface area contributed by atoms with E-state index in [-0.39, 0.29) is 18.2 Å². The van der Waals surface area contributed by atoms with Gasteiger partial charge >= 0.3 is 6.16 Å². The Morgan fingerprint density at radius 2 is 1.88 bits per heavy atom. The van der Waals surface area contributed by atoms with Gasteiger partial charge in [-0.1, -0.05) is 18.2 Å². The van der Waals surface area contributed by atoms with Crippen LogP contribution in [0.2, 0.25) is 0 Å². The lowest BCUT2D eigenvalue weighted by atomic mass is 10.1. The van der Waals surface area contributed by atoms with Gasteiger partial charge in [0.15, 0.2) is 5.75 Å². The first-order valence-electron chi connectivity index (χ1n) is 9.43. The van der Waals surface area contributed by atoms with Crippen LogP contribution in [0, 0.1) is 11.3 Å². The molecule has 4 aromatic rings. The maximum absolute atomic E-state index is 10.9. The Labute approximate surface area is 187 Å². The summed E-state index contributed by atoms with van der Waals surface area (Å²) in [6, 6.07) is 16.5. The molecule has 0 amide bonds. The summed E-state index contributed by atoms with van der Waals surface area (Å²) in [4.78, 5) is 14.9. The fourth-order valence-corrected chi connectivity index (χ4v) is 4.10. The van der Waals surface area contributed by atoms with E-state index >= 15 is 0 Å². The lowest BCUT2D eigenvalue weighted by molar-refractivity contribution is 0.145. The normalized spacial score (nSPS) is 10.5. The average Bonchev–Trinajstić information content (AvgIpc) is 3.24. The summed E-state index contributed by atoms with van der Waals surface area (Å²) in [5, 5.41) is 20.3. The predicted molar refractivity (Wildman–Crippen MR) is 119 cm³/mol. The molecule has 0 unspecified atom stereocenters. The molecule has 32 heavy (non-hydrogen) atoms. The van der Waals surface area contributed by atoms with Crippen molar-refractivity contribution in [3.05, 3.63) is 76.8 Å². The molecule has 3 N–H and O–H groups in total. The molecule has 0 saturated heterocycles. The molecule has 0 atom stereocenters. The summed E-state index contributed by atoms with van der Waals surface area (Å²) in [5.74, 6) is 1.62. The van der Waals surface area contributed by atoms with Crippen molar-refractivity contribution in [2.24, 2.45) is 0 Å². The number of nitrogen functional groups attached to an aromatic ring is 1. The molecule has 0 bridgehead atoms. The van der Waals surface area contributed by atoms with Gasteiger partial charge in [0.2, 0.25) is 0 Å². The van der Waals surface area contributed by atoms with E-state index in [9.17, 15) is 4.79 Å². The van der Waals surface area contributed by atoms with Crippen molar-refractivity contribution in [1.82, 2.24) is 4.98 Å². The summed E-state index contributed by atoms with van der Waals surface area (Å²) in [7, 11) is 0. The van der Waals surface area contributed by atoms with Crippen LogP contribution in [0.4, 0.5) is 10.6 Å². The molecule has 4 rings (SSSR count). The number of nitrogens with two attached hydrogens (primary N) is 1. The van der Waals surface area contributed by atoms with Crippen LogP contribution in [0.1, 0.15) is 16.7 Å². The van der Waals surface area contributed by atoms with Gasteiger partial charge in [-0.2, -0.15) is 5.26 Å². The zero-order valence-corrected chi connectivity index (χ0v) is 17.5. The molecule has 2 aromatic carbocycles. The largest absolute Gasteiger partial charge is 0.511 e. The van der Waals surface area contributed by atoms with E-state index in [2.05, 4.69) is 11.1 Å². The number of carboxylic acid groups (broad SMARTS) is 1. The molecule has 8 nitrogen and oxygen atoms in total. The number of benzene rings is 2. The van der Waals surface area contributed by atoms with Gasteiger partial charge in [-0.15, -0.1) is 11.3 Å². The summed E-state index contributed by atoms with van der Waals surface area (Å²) >= 11 is 1.31. The van der Waals surface area contributed by atoms with Gasteiger partial charge in [-0.25, -0.2) is 9.78 Å². The molecule has 0 saturated carbocycles. The maximum Gasteiger partial charge on any atom is 0.511 e. The summed E-state index contributed by atoms with van der Waals surface area (Å²) in [6.07, 6.45) is -0.125. The van der Waals surface area contributed by atoms with Gasteiger partial charge in [0.1, 0.15) is 30.5 Å². The first-order chi connectivity index (χ1) is 15.5. The highest BCUT2D eigenvalue weighted by Gasteiger charge is 2.16. The molecule has 9 heteroatoms. The minimum Gasteiger partial charge on any atom is -0.489 e.